The lowest BCUT2D eigenvalue weighted by Crippen LogP contribution is -2.34. The molecule has 4 heteroatoms. The smallest absolute Gasteiger partial charge is 0.0415 e. The van der Waals surface area contributed by atoms with Gasteiger partial charge in [0.1, 0.15) is 0 Å². The van der Waals surface area contributed by atoms with Crippen LogP contribution in [0.2, 0.25) is 0 Å². The van der Waals surface area contributed by atoms with Crippen LogP contribution >= 0.6 is 27.7 Å². The molecule has 0 aliphatic carbocycles. The Bertz CT molecular complexity index is 391. The molecule has 0 spiro atoms. The van der Waals surface area contributed by atoms with Crippen molar-refractivity contribution in [3.8, 4) is 0 Å². The van der Waals surface area contributed by atoms with Crippen LogP contribution in [-0.2, 0) is 0 Å². The van der Waals surface area contributed by atoms with Crippen molar-refractivity contribution in [3.05, 3.63) is 28.2 Å². The summed E-state index contributed by atoms with van der Waals surface area (Å²) in [6.07, 6.45) is 0. The molecule has 1 heterocycles. The molecule has 1 unspecified atom stereocenters. The summed E-state index contributed by atoms with van der Waals surface area (Å²) in [6, 6.07) is 7.06. The van der Waals surface area contributed by atoms with Crippen LogP contribution in [0.5, 0.6) is 0 Å². The number of benzene rings is 1. The second kappa shape index (κ2) is 6.83. The van der Waals surface area contributed by atoms with E-state index in [0.29, 0.717) is 6.04 Å². The van der Waals surface area contributed by atoms with E-state index in [1.807, 2.05) is 0 Å². The number of rotatable bonds is 4. The van der Waals surface area contributed by atoms with Gasteiger partial charge in [-0.3, -0.25) is 0 Å². The summed E-state index contributed by atoms with van der Waals surface area (Å²) in [5.41, 5.74) is 2.80. The van der Waals surface area contributed by atoms with Crippen LogP contribution in [0, 0.1) is 0 Å². The number of anilines is 1. The molecule has 1 aromatic rings. The van der Waals surface area contributed by atoms with Gasteiger partial charge in [-0.15, -0.1) is 0 Å². The largest absolute Gasteiger partial charge is 0.370 e. The maximum absolute atomic E-state index is 3.59. The maximum atomic E-state index is 3.59. The summed E-state index contributed by atoms with van der Waals surface area (Å²) in [5.74, 6) is 2.48. The zero-order valence-corrected chi connectivity index (χ0v) is 13.5. The van der Waals surface area contributed by atoms with Crippen molar-refractivity contribution in [2.45, 2.75) is 19.9 Å². The van der Waals surface area contributed by atoms with Crippen LogP contribution < -0.4 is 10.2 Å². The first-order chi connectivity index (χ1) is 8.72. The van der Waals surface area contributed by atoms with E-state index in [9.17, 15) is 0 Å². The summed E-state index contributed by atoms with van der Waals surface area (Å²) >= 11 is 5.64. The van der Waals surface area contributed by atoms with Crippen LogP contribution in [0.3, 0.4) is 0 Å². The Labute approximate surface area is 123 Å². The molecule has 1 aliphatic rings. The second-order valence-electron chi connectivity index (χ2n) is 4.58. The lowest BCUT2D eigenvalue weighted by molar-refractivity contribution is 0.596. The molecule has 0 amide bonds. The monoisotopic (exact) mass is 328 g/mol. The third-order valence-corrected chi connectivity index (χ3v) is 4.75. The Morgan fingerprint density at radius 2 is 2.11 bits per heavy atom. The standard InChI is InChI=1S/C14H21BrN2S/c1-3-16-11(2)13-10-12(15)4-5-14(13)17-6-8-18-9-7-17/h4-5,10-11,16H,3,6-9H2,1-2H3. The summed E-state index contributed by atoms with van der Waals surface area (Å²) in [6.45, 7) is 7.73. The number of hydrogen-bond donors (Lipinski definition) is 1. The topological polar surface area (TPSA) is 15.3 Å². The van der Waals surface area contributed by atoms with Gasteiger partial charge >= 0.3 is 0 Å². The van der Waals surface area contributed by atoms with E-state index in [4.69, 9.17) is 0 Å². The molecule has 0 bridgehead atoms. The molecule has 2 nitrogen and oxygen atoms in total. The van der Waals surface area contributed by atoms with Gasteiger partial charge in [-0.1, -0.05) is 22.9 Å². The number of nitrogens with zero attached hydrogens (tertiary/aromatic N) is 1. The Morgan fingerprint density at radius 1 is 1.39 bits per heavy atom. The van der Waals surface area contributed by atoms with Gasteiger partial charge in [-0.25, -0.2) is 0 Å². The maximum Gasteiger partial charge on any atom is 0.0415 e. The molecule has 1 atom stereocenters. The van der Waals surface area contributed by atoms with E-state index in [1.54, 1.807) is 0 Å². The van der Waals surface area contributed by atoms with Gasteiger partial charge in [0, 0.05) is 40.8 Å². The van der Waals surface area contributed by atoms with Gasteiger partial charge in [0.05, 0.1) is 0 Å². The normalized spacial score (nSPS) is 17.8. The zero-order valence-electron chi connectivity index (χ0n) is 11.1. The first-order valence-electron chi connectivity index (χ1n) is 6.58. The molecule has 1 aliphatic heterocycles. The third-order valence-electron chi connectivity index (χ3n) is 3.32. The number of hydrogen-bond acceptors (Lipinski definition) is 3. The number of nitrogens with one attached hydrogen (secondary N) is 1. The predicted octanol–water partition coefficient (Wildman–Crippen LogP) is 3.67. The molecule has 0 aromatic heterocycles. The highest BCUT2D eigenvalue weighted by molar-refractivity contribution is 9.10. The first-order valence-corrected chi connectivity index (χ1v) is 8.52. The average molecular weight is 329 g/mol. The minimum atomic E-state index is 0.400. The quantitative estimate of drug-likeness (QED) is 0.907. The SMILES string of the molecule is CCNC(C)c1cc(Br)ccc1N1CCSCC1. The molecule has 0 radical (unpaired) electrons. The molecule has 1 N–H and O–H groups in total. The summed E-state index contributed by atoms with van der Waals surface area (Å²) < 4.78 is 1.16. The van der Waals surface area contributed by atoms with E-state index in [0.717, 1.165) is 24.1 Å². The summed E-state index contributed by atoms with van der Waals surface area (Å²) in [7, 11) is 0. The summed E-state index contributed by atoms with van der Waals surface area (Å²) in [4.78, 5) is 2.52. The fourth-order valence-corrected chi connectivity index (χ4v) is 3.66. The number of thioether (sulfide) groups is 1. The Balaban J connectivity index is 2.27. The Hall–Kier alpha value is -0.190. The molecule has 1 fully saturated rings. The van der Waals surface area contributed by atoms with Gasteiger partial charge in [0.15, 0.2) is 0 Å². The van der Waals surface area contributed by atoms with Crippen LogP contribution in [-0.4, -0.2) is 31.1 Å². The van der Waals surface area contributed by atoms with Gasteiger partial charge in [0.25, 0.3) is 0 Å². The minimum absolute atomic E-state index is 0.400. The first kappa shape index (κ1) is 14.2. The number of halogens is 1. The van der Waals surface area contributed by atoms with Crippen molar-refractivity contribution in [2.24, 2.45) is 0 Å². The zero-order chi connectivity index (χ0) is 13.0. The highest BCUT2D eigenvalue weighted by Crippen LogP contribution is 2.31. The van der Waals surface area contributed by atoms with Crippen molar-refractivity contribution < 1.29 is 0 Å². The van der Waals surface area contributed by atoms with Gasteiger partial charge in [-0.2, -0.15) is 11.8 Å². The molecule has 18 heavy (non-hydrogen) atoms. The van der Waals surface area contributed by atoms with E-state index < -0.39 is 0 Å². The van der Waals surface area contributed by atoms with Gasteiger partial charge in [-0.05, 0) is 37.2 Å². The fraction of sp³-hybridized carbons (Fsp3) is 0.571. The van der Waals surface area contributed by atoms with Crippen molar-refractivity contribution in [2.75, 3.05) is 36.0 Å². The molecule has 0 saturated carbocycles. The van der Waals surface area contributed by atoms with Gasteiger partial charge < -0.3 is 10.2 Å². The van der Waals surface area contributed by atoms with E-state index in [2.05, 4.69) is 70.0 Å². The molecule has 100 valence electrons. The van der Waals surface area contributed by atoms with Crippen molar-refractivity contribution in [1.29, 1.82) is 0 Å². The minimum Gasteiger partial charge on any atom is -0.370 e. The van der Waals surface area contributed by atoms with Crippen molar-refractivity contribution >= 4 is 33.4 Å². The van der Waals surface area contributed by atoms with Crippen LogP contribution in [0.25, 0.3) is 0 Å². The molecule has 2 rings (SSSR count). The van der Waals surface area contributed by atoms with Crippen LogP contribution in [0.15, 0.2) is 22.7 Å². The van der Waals surface area contributed by atoms with Crippen molar-refractivity contribution in [1.82, 2.24) is 5.32 Å². The van der Waals surface area contributed by atoms with E-state index in [1.165, 1.54) is 22.8 Å². The Morgan fingerprint density at radius 3 is 2.78 bits per heavy atom. The second-order valence-corrected chi connectivity index (χ2v) is 6.72. The summed E-state index contributed by atoms with van der Waals surface area (Å²) in [5, 5.41) is 3.52. The van der Waals surface area contributed by atoms with E-state index in [-0.39, 0.29) is 0 Å². The van der Waals surface area contributed by atoms with E-state index >= 15 is 0 Å². The molecular formula is C14H21BrN2S. The highest BCUT2D eigenvalue weighted by Gasteiger charge is 2.17. The average Bonchev–Trinajstić information content (AvgIpc) is 2.40. The predicted molar refractivity (Wildman–Crippen MR) is 85.8 cm³/mol. The fourth-order valence-electron chi connectivity index (χ4n) is 2.38. The third kappa shape index (κ3) is 3.43. The van der Waals surface area contributed by atoms with Crippen molar-refractivity contribution in [3.63, 3.8) is 0 Å². The van der Waals surface area contributed by atoms with Gasteiger partial charge in [0.2, 0.25) is 0 Å². The molecule has 1 aromatic carbocycles. The highest BCUT2D eigenvalue weighted by atomic mass is 79.9. The lowest BCUT2D eigenvalue weighted by Gasteiger charge is -2.32. The molecular weight excluding hydrogens is 308 g/mol. The molecule has 1 saturated heterocycles. The Kier molecular flexibility index (Phi) is 5.39. The lowest BCUT2D eigenvalue weighted by atomic mass is 10.0. The van der Waals surface area contributed by atoms with Crippen LogP contribution in [0.1, 0.15) is 25.5 Å². The van der Waals surface area contributed by atoms with Crippen LogP contribution in [0.4, 0.5) is 5.69 Å².